The molecule has 11 heteroatoms. The van der Waals surface area contributed by atoms with E-state index in [-0.39, 0.29) is 62.5 Å². The Morgan fingerprint density at radius 3 is 2.46 bits per heavy atom. The van der Waals surface area contributed by atoms with Gasteiger partial charge in [-0.3, -0.25) is 4.79 Å². The summed E-state index contributed by atoms with van der Waals surface area (Å²) in [6, 6.07) is 10.4. The van der Waals surface area contributed by atoms with Crippen LogP contribution in [0.1, 0.15) is 48.6 Å². The molecule has 0 aliphatic carbocycles. The number of rotatable bonds is 8. The normalized spacial score (nSPS) is 25.3. The Kier molecular flexibility index (Phi) is 9.07. The molecular formula is C28H36F2N2O6S. The van der Waals surface area contributed by atoms with E-state index >= 15 is 8.78 Å². The van der Waals surface area contributed by atoms with Gasteiger partial charge in [0.15, 0.2) is 9.84 Å². The molecule has 2 heterocycles. The molecule has 0 spiro atoms. The second kappa shape index (κ2) is 12.0. The van der Waals surface area contributed by atoms with Crippen LogP contribution in [0.4, 0.5) is 8.78 Å². The van der Waals surface area contributed by atoms with E-state index in [1.54, 1.807) is 42.2 Å². The molecule has 2 aromatic rings. The van der Waals surface area contributed by atoms with Crippen LogP contribution in [0.5, 0.6) is 0 Å². The first kappa shape index (κ1) is 29.5. The first-order valence-electron chi connectivity index (χ1n) is 13.2. The number of carbonyl (C=O) groups is 1. The molecular weight excluding hydrogens is 530 g/mol. The van der Waals surface area contributed by atoms with E-state index in [4.69, 9.17) is 4.74 Å². The number of nitrogens with one attached hydrogen (secondary N) is 1. The van der Waals surface area contributed by atoms with Crippen molar-refractivity contribution in [2.45, 2.75) is 61.4 Å². The van der Waals surface area contributed by atoms with Crippen molar-refractivity contribution in [3.05, 3.63) is 70.8 Å². The van der Waals surface area contributed by atoms with E-state index < -0.39 is 56.3 Å². The van der Waals surface area contributed by atoms with E-state index in [2.05, 4.69) is 5.32 Å². The third-order valence-corrected chi connectivity index (χ3v) is 10.7. The molecule has 1 amide bonds. The number of aliphatic hydroxyl groups is 2. The molecule has 214 valence electrons. The summed E-state index contributed by atoms with van der Waals surface area (Å²) in [5, 5.41) is 20.5. The largest absolute Gasteiger partial charge is 0.394 e. The highest BCUT2D eigenvalue weighted by atomic mass is 32.2. The van der Waals surface area contributed by atoms with Crippen molar-refractivity contribution in [2.24, 2.45) is 0 Å². The van der Waals surface area contributed by atoms with Gasteiger partial charge >= 0.3 is 0 Å². The van der Waals surface area contributed by atoms with Crippen molar-refractivity contribution >= 4 is 15.7 Å². The van der Waals surface area contributed by atoms with Crippen LogP contribution in [-0.4, -0.2) is 79.7 Å². The standard InChI is InChI=1S/C28H36F2N2O6S/c1-18-26(39(36,37)27(15-31-18)20-6-4-3-5-7-20)13-21-12-25(30)23(14-24(21)29)28(38-17-22(35)16-33)8-10-32(11-9-28)19(2)34/h3-7,12,14,18,22,26-27,31,33,35H,8-11,13,15-17H2,1-2H3/t18-,22+,26?,27-/m0/s1. The van der Waals surface area contributed by atoms with Gasteiger partial charge in [0, 0.05) is 38.2 Å². The Bertz CT molecular complexity index is 1270. The lowest BCUT2D eigenvalue weighted by Crippen LogP contribution is -2.53. The summed E-state index contributed by atoms with van der Waals surface area (Å²) in [5.74, 6) is -1.66. The smallest absolute Gasteiger partial charge is 0.219 e. The number of ether oxygens (including phenoxy) is 1. The zero-order valence-electron chi connectivity index (χ0n) is 22.1. The maximum absolute atomic E-state index is 15.7. The lowest BCUT2D eigenvalue weighted by Gasteiger charge is -2.42. The highest BCUT2D eigenvalue weighted by Crippen LogP contribution is 2.40. The first-order chi connectivity index (χ1) is 18.5. The minimum absolute atomic E-state index is 0.0566. The third kappa shape index (κ3) is 6.17. The Labute approximate surface area is 227 Å². The van der Waals surface area contributed by atoms with Gasteiger partial charge in [0.25, 0.3) is 0 Å². The van der Waals surface area contributed by atoms with Gasteiger partial charge in [-0.1, -0.05) is 30.3 Å². The van der Waals surface area contributed by atoms with Gasteiger partial charge in [0.2, 0.25) is 5.91 Å². The monoisotopic (exact) mass is 566 g/mol. The van der Waals surface area contributed by atoms with Crippen LogP contribution in [0, 0.1) is 11.6 Å². The quantitative estimate of drug-likeness (QED) is 0.449. The van der Waals surface area contributed by atoms with Crippen molar-refractivity contribution in [1.82, 2.24) is 10.2 Å². The molecule has 39 heavy (non-hydrogen) atoms. The number of sulfone groups is 1. The summed E-state index contributed by atoms with van der Waals surface area (Å²) in [6.45, 7) is 3.02. The number of aliphatic hydroxyl groups excluding tert-OH is 2. The predicted octanol–water partition coefficient (Wildman–Crippen LogP) is 2.23. The van der Waals surface area contributed by atoms with Gasteiger partial charge in [-0.2, -0.15) is 0 Å². The number of hydrogen-bond donors (Lipinski definition) is 3. The maximum atomic E-state index is 15.7. The average molecular weight is 567 g/mol. The Balaban J connectivity index is 1.63. The Morgan fingerprint density at radius 2 is 1.85 bits per heavy atom. The van der Waals surface area contributed by atoms with Gasteiger partial charge in [-0.15, -0.1) is 0 Å². The molecule has 2 saturated heterocycles. The topological polar surface area (TPSA) is 116 Å². The minimum atomic E-state index is -3.74. The molecule has 4 atom stereocenters. The number of nitrogens with zero attached hydrogens (tertiary/aromatic N) is 1. The van der Waals surface area contributed by atoms with E-state index in [0.29, 0.717) is 5.56 Å². The van der Waals surface area contributed by atoms with E-state index in [9.17, 15) is 23.4 Å². The van der Waals surface area contributed by atoms with Crippen LogP contribution in [0.25, 0.3) is 0 Å². The van der Waals surface area contributed by atoms with Crippen LogP contribution in [0.2, 0.25) is 0 Å². The number of amides is 1. The SMILES string of the molecule is CC(=O)N1CCC(OC[C@H](O)CO)(c2cc(F)c(CC3[C@H](C)NC[C@@H](c4ccccc4)S3(=O)=O)cc2F)CC1. The summed E-state index contributed by atoms with van der Waals surface area (Å²) in [7, 11) is -3.74. The Morgan fingerprint density at radius 1 is 1.18 bits per heavy atom. The van der Waals surface area contributed by atoms with E-state index in [0.717, 1.165) is 12.1 Å². The van der Waals surface area contributed by atoms with Crippen molar-refractivity contribution in [3.8, 4) is 0 Å². The molecule has 0 saturated carbocycles. The van der Waals surface area contributed by atoms with Crippen molar-refractivity contribution in [3.63, 3.8) is 0 Å². The molecule has 1 unspecified atom stereocenters. The fourth-order valence-corrected chi connectivity index (χ4v) is 7.96. The van der Waals surface area contributed by atoms with Crippen LogP contribution in [0.15, 0.2) is 42.5 Å². The number of likely N-dealkylation sites (tertiary alicyclic amines) is 1. The second-order valence-electron chi connectivity index (χ2n) is 10.5. The summed E-state index contributed by atoms with van der Waals surface area (Å²) in [6.07, 6.45) is -1.09. The van der Waals surface area contributed by atoms with E-state index in [1.807, 2.05) is 0 Å². The summed E-state index contributed by atoms with van der Waals surface area (Å²) in [4.78, 5) is 13.4. The van der Waals surface area contributed by atoms with Crippen LogP contribution >= 0.6 is 0 Å². The molecule has 0 bridgehead atoms. The summed E-state index contributed by atoms with van der Waals surface area (Å²) in [5.41, 5.74) is -0.795. The number of carbonyl (C=O) groups excluding carboxylic acids is 1. The van der Waals surface area contributed by atoms with Crippen molar-refractivity contribution < 1.29 is 36.9 Å². The molecule has 4 rings (SSSR count). The lowest BCUT2D eigenvalue weighted by atomic mass is 9.82. The molecule has 2 aliphatic rings. The van der Waals surface area contributed by atoms with Gasteiger partial charge in [-0.25, -0.2) is 17.2 Å². The van der Waals surface area contributed by atoms with Crippen LogP contribution < -0.4 is 5.32 Å². The molecule has 2 aromatic carbocycles. The van der Waals surface area contributed by atoms with Gasteiger partial charge < -0.3 is 25.2 Å². The molecule has 8 nitrogen and oxygen atoms in total. The predicted molar refractivity (Wildman–Crippen MR) is 142 cm³/mol. The molecule has 2 fully saturated rings. The van der Waals surface area contributed by atoms with Crippen molar-refractivity contribution in [2.75, 3.05) is 32.8 Å². The second-order valence-corrected chi connectivity index (χ2v) is 12.9. The zero-order chi connectivity index (χ0) is 28.4. The third-order valence-electron chi connectivity index (χ3n) is 8.00. The van der Waals surface area contributed by atoms with Gasteiger partial charge in [0.1, 0.15) is 17.7 Å². The molecule has 0 radical (unpaired) electrons. The van der Waals surface area contributed by atoms with Gasteiger partial charge in [0.05, 0.1) is 29.3 Å². The lowest BCUT2D eigenvalue weighted by molar-refractivity contribution is -0.143. The fraction of sp³-hybridized carbons (Fsp3) is 0.536. The molecule has 0 aromatic heterocycles. The highest BCUT2D eigenvalue weighted by Gasteiger charge is 2.44. The number of benzene rings is 2. The minimum Gasteiger partial charge on any atom is -0.394 e. The molecule has 3 N–H and O–H groups in total. The van der Waals surface area contributed by atoms with Crippen LogP contribution in [0.3, 0.4) is 0 Å². The Hall–Kier alpha value is -2.44. The maximum Gasteiger partial charge on any atom is 0.219 e. The fourth-order valence-electron chi connectivity index (χ4n) is 5.60. The summed E-state index contributed by atoms with van der Waals surface area (Å²) >= 11 is 0. The first-order valence-corrected chi connectivity index (χ1v) is 14.8. The zero-order valence-corrected chi connectivity index (χ0v) is 23.0. The number of piperidine rings is 1. The van der Waals surface area contributed by atoms with Crippen LogP contribution in [-0.2, 0) is 31.4 Å². The molecule has 2 aliphatic heterocycles. The number of hydrogen-bond acceptors (Lipinski definition) is 7. The summed E-state index contributed by atoms with van der Waals surface area (Å²) < 4.78 is 64.4. The highest BCUT2D eigenvalue weighted by molar-refractivity contribution is 7.92. The average Bonchev–Trinajstić information content (AvgIpc) is 2.91. The van der Waals surface area contributed by atoms with Crippen molar-refractivity contribution in [1.29, 1.82) is 0 Å². The van der Waals surface area contributed by atoms with Gasteiger partial charge in [-0.05, 0) is 49.4 Å². The van der Waals surface area contributed by atoms with E-state index in [1.165, 1.54) is 6.92 Å². The number of halogens is 2.